The molecule has 3 atom stereocenters. The normalized spacial score (nSPS) is 25.6. The predicted molar refractivity (Wildman–Crippen MR) is 75.4 cm³/mol. The van der Waals surface area contributed by atoms with Gasteiger partial charge in [-0.2, -0.15) is 0 Å². The molecule has 0 bridgehead atoms. The summed E-state index contributed by atoms with van der Waals surface area (Å²) >= 11 is 0. The Morgan fingerprint density at radius 2 is 1.90 bits per heavy atom. The van der Waals surface area contributed by atoms with Crippen molar-refractivity contribution in [1.82, 2.24) is 4.90 Å². The summed E-state index contributed by atoms with van der Waals surface area (Å²) in [5, 5.41) is 10.1. The molecule has 1 fully saturated rings. The van der Waals surface area contributed by atoms with E-state index < -0.39 is 17.7 Å². The number of aliphatic hydroxyl groups is 1. The predicted octanol–water partition coefficient (Wildman–Crippen LogP) is 3.51. The molecule has 0 aliphatic carbocycles. The summed E-state index contributed by atoms with van der Waals surface area (Å²) in [5.74, 6) is -0.526. The summed E-state index contributed by atoms with van der Waals surface area (Å²) in [7, 11) is 0. The Labute approximate surface area is 119 Å². The molecule has 0 aromatic heterocycles. The first-order chi connectivity index (χ1) is 9.45. The van der Waals surface area contributed by atoms with Crippen LogP contribution >= 0.6 is 0 Å². The zero-order valence-electron chi connectivity index (χ0n) is 12.1. The second-order valence-corrected chi connectivity index (χ2v) is 6.02. The van der Waals surface area contributed by atoms with Gasteiger partial charge in [0.15, 0.2) is 0 Å². The Morgan fingerprint density at radius 1 is 1.25 bits per heavy atom. The summed E-state index contributed by atoms with van der Waals surface area (Å²) in [6.45, 7) is 6.25. The van der Waals surface area contributed by atoms with E-state index in [1.807, 2.05) is 0 Å². The lowest BCUT2D eigenvalue weighted by Crippen LogP contribution is -2.41. The van der Waals surface area contributed by atoms with Gasteiger partial charge in [0.2, 0.25) is 0 Å². The first-order valence-corrected chi connectivity index (χ1v) is 7.34. The van der Waals surface area contributed by atoms with E-state index in [-0.39, 0.29) is 0 Å². The van der Waals surface area contributed by atoms with Crippen molar-refractivity contribution in [3.63, 3.8) is 0 Å². The molecule has 3 unspecified atom stereocenters. The molecule has 0 saturated carbocycles. The van der Waals surface area contributed by atoms with Crippen LogP contribution in [0.15, 0.2) is 18.2 Å². The third kappa shape index (κ3) is 4.00. The average molecular weight is 283 g/mol. The number of nitrogens with zero attached hydrogens (tertiary/aromatic N) is 1. The molecule has 20 heavy (non-hydrogen) atoms. The highest BCUT2D eigenvalue weighted by Gasteiger charge is 2.23. The zero-order valence-corrected chi connectivity index (χ0v) is 12.1. The second-order valence-electron chi connectivity index (χ2n) is 6.02. The van der Waals surface area contributed by atoms with Crippen molar-refractivity contribution in [2.45, 2.75) is 45.3 Å². The molecule has 112 valence electrons. The number of benzene rings is 1. The van der Waals surface area contributed by atoms with E-state index in [4.69, 9.17) is 0 Å². The largest absolute Gasteiger partial charge is 0.388 e. The van der Waals surface area contributed by atoms with E-state index in [9.17, 15) is 13.9 Å². The maximum absolute atomic E-state index is 13.1. The van der Waals surface area contributed by atoms with Gasteiger partial charge >= 0.3 is 0 Å². The zero-order chi connectivity index (χ0) is 14.7. The van der Waals surface area contributed by atoms with Crippen LogP contribution in [-0.4, -0.2) is 29.1 Å². The Balaban J connectivity index is 1.90. The van der Waals surface area contributed by atoms with Gasteiger partial charge in [0.05, 0.1) is 6.10 Å². The third-order valence-electron chi connectivity index (χ3n) is 4.24. The number of halogens is 2. The Morgan fingerprint density at radius 3 is 2.50 bits per heavy atom. The van der Waals surface area contributed by atoms with Crippen LogP contribution in [0, 0.1) is 17.6 Å². The van der Waals surface area contributed by atoms with Crippen molar-refractivity contribution in [3.8, 4) is 0 Å². The molecule has 0 amide bonds. The summed E-state index contributed by atoms with van der Waals surface area (Å²) in [6, 6.07) is 3.74. The van der Waals surface area contributed by atoms with Crippen LogP contribution in [0.3, 0.4) is 0 Å². The number of hydrogen-bond donors (Lipinski definition) is 1. The lowest BCUT2D eigenvalue weighted by molar-refractivity contribution is 0.0939. The minimum atomic E-state index is -0.813. The van der Waals surface area contributed by atoms with Gasteiger partial charge in [0.1, 0.15) is 11.6 Å². The minimum absolute atomic E-state index is 0.320. The highest BCUT2D eigenvalue weighted by Crippen LogP contribution is 2.25. The quantitative estimate of drug-likeness (QED) is 0.914. The molecule has 1 N–H and O–H groups in total. The van der Waals surface area contributed by atoms with Crippen LogP contribution in [0.25, 0.3) is 0 Å². The lowest BCUT2D eigenvalue weighted by Gasteiger charge is -2.36. The van der Waals surface area contributed by atoms with Gasteiger partial charge < -0.3 is 10.0 Å². The SMILES string of the molecule is CC1CCN(CCC(O)c2cc(F)cc(F)c2)C(C)C1. The van der Waals surface area contributed by atoms with Gasteiger partial charge in [-0.3, -0.25) is 0 Å². The van der Waals surface area contributed by atoms with Crippen molar-refractivity contribution in [3.05, 3.63) is 35.4 Å². The van der Waals surface area contributed by atoms with E-state index in [1.165, 1.54) is 25.0 Å². The minimum Gasteiger partial charge on any atom is -0.388 e. The maximum Gasteiger partial charge on any atom is 0.126 e. The highest BCUT2D eigenvalue weighted by molar-refractivity contribution is 5.20. The molecular formula is C16H23F2NO. The van der Waals surface area contributed by atoms with Gasteiger partial charge in [-0.25, -0.2) is 8.78 Å². The molecule has 4 heteroatoms. The number of rotatable bonds is 4. The molecule has 0 spiro atoms. The van der Waals surface area contributed by atoms with Gasteiger partial charge in [0, 0.05) is 18.7 Å². The molecule has 1 aliphatic heterocycles. The molecule has 1 aromatic rings. The van der Waals surface area contributed by atoms with Crippen LogP contribution in [0.4, 0.5) is 8.78 Å². The standard InChI is InChI=1S/C16H23F2NO/c1-11-3-5-19(12(2)7-11)6-4-16(20)13-8-14(17)10-15(18)9-13/h8-12,16,20H,3-7H2,1-2H3. The fourth-order valence-corrected chi connectivity index (χ4v) is 3.01. The van der Waals surface area contributed by atoms with Gasteiger partial charge in [0.25, 0.3) is 0 Å². The van der Waals surface area contributed by atoms with E-state index in [1.54, 1.807) is 0 Å². The monoisotopic (exact) mass is 283 g/mol. The van der Waals surface area contributed by atoms with Gasteiger partial charge in [-0.1, -0.05) is 6.92 Å². The molecular weight excluding hydrogens is 260 g/mol. The van der Waals surface area contributed by atoms with Crippen molar-refractivity contribution >= 4 is 0 Å². The van der Waals surface area contributed by atoms with E-state index in [0.29, 0.717) is 18.0 Å². The van der Waals surface area contributed by atoms with Crippen molar-refractivity contribution in [2.24, 2.45) is 5.92 Å². The smallest absolute Gasteiger partial charge is 0.126 e. The fourth-order valence-electron chi connectivity index (χ4n) is 3.01. The van der Waals surface area contributed by atoms with E-state index >= 15 is 0 Å². The second kappa shape index (κ2) is 6.64. The van der Waals surface area contributed by atoms with Gasteiger partial charge in [-0.05, 0) is 56.3 Å². The molecule has 1 aliphatic rings. The average Bonchev–Trinajstić information content (AvgIpc) is 2.36. The number of likely N-dealkylation sites (tertiary alicyclic amines) is 1. The number of piperidine rings is 1. The molecule has 1 heterocycles. The third-order valence-corrected chi connectivity index (χ3v) is 4.24. The summed E-state index contributed by atoms with van der Waals surface area (Å²) < 4.78 is 26.3. The summed E-state index contributed by atoms with van der Waals surface area (Å²) in [6.07, 6.45) is 2.04. The Bertz CT molecular complexity index is 432. The molecule has 2 nitrogen and oxygen atoms in total. The number of hydrogen-bond acceptors (Lipinski definition) is 2. The summed E-state index contributed by atoms with van der Waals surface area (Å²) in [5.41, 5.74) is 0.320. The van der Waals surface area contributed by atoms with Crippen LogP contribution in [0.1, 0.15) is 44.8 Å². The highest BCUT2D eigenvalue weighted by atomic mass is 19.1. The topological polar surface area (TPSA) is 23.5 Å². The first-order valence-electron chi connectivity index (χ1n) is 7.34. The molecule has 1 aromatic carbocycles. The molecule has 1 saturated heterocycles. The first kappa shape index (κ1) is 15.4. The Hall–Kier alpha value is -1.00. The van der Waals surface area contributed by atoms with Gasteiger partial charge in [-0.15, -0.1) is 0 Å². The van der Waals surface area contributed by atoms with Crippen molar-refractivity contribution < 1.29 is 13.9 Å². The molecule has 2 rings (SSSR count). The fraction of sp³-hybridized carbons (Fsp3) is 0.625. The summed E-state index contributed by atoms with van der Waals surface area (Å²) in [4.78, 5) is 2.35. The van der Waals surface area contributed by atoms with Crippen LogP contribution < -0.4 is 0 Å². The lowest BCUT2D eigenvalue weighted by atomic mass is 9.93. The van der Waals surface area contributed by atoms with Crippen LogP contribution in [0.2, 0.25) is 0 Å². The maximum atomic E-state index is 13.1. The van der Waals surface area contributed by atoms with E-state index in [0.717, 1.165) is 25.1 Å². The van der Waals surface area contributed by atoms with Crippen molar-refractivity contribution in [1.29, 1.82) is 0 Å². The van der Waals surface area contributed by atoms with Crippen molar-refractivity contribution in [2.75, 3.05) is 13.1 Å². The Kier molecular flexibility index (Phi) is 5.11. The van der Waals surface area contributed by atoms with Crippen LogP contribution in [0.5, 0.6) is 0 Å². The van der Waals surface area contributed by atoms with Crippen LogP contribution in [-0.2, 0) is 0 Å². The number of aliphatic hydroxyl groups excluding tert-OH is 1. The molecule has 0 radical (unpaired) electrons. The van der Waals surface area contributed by atoms with E-state index in [2.05, 4.69) is 18.7 Å².